The van der Waals surface area contributed by atoms with E-state index in [1.807, 2.05) is 16.8 Å². The third-order valence-corrected chi connectivity index (χ3v) is 3.00. The molecule has 15 heavy (non-hydrogen) atoms. The molecular weight excluding hydrogens is 214 g/mol. The van der Waals surface area contributed by atoms with E-state index >= 15 is 0 Å². The average molecular weight is 227 g/mol. The molecule has 0 bridgehead atoms. The second-order valence-corrected chi connectivity index (χ2v) is 4.11. The SMILES string of the molecule is C[C@H](C(=O)O)N(C)C(=O)Cc1ccsc1. The van der Waals surface area contributed by atoms with Crippen LogP contribution in [0.3, 0.4) is 0 Å². The number of aliphatic carboxylic acids is 1. The lowest BCUT2D eigenvalue weighted by atomic mass is 10.2. The number of thiophene rings is 1. The van der Waals surface area contributed by atoms with Gasteiger partial charge in [-0.05, 0) is 29.3 Å². The maximum Gasteiger partial charge on any atom is 0.326 e. The summed E-state index contributed by atoms with van der Waals surface area (Å²) in [7, 11) is 1.51. The van der Waals surface area contributed by atoms with E-state index in [9.17, 15) is 9.59 Å². The van der Waals surface area contributed by atoms with Crippen LogP contribution >= 0.6 is 11.3 Å². The second-order valence-electron chi connectivity index (χ2n) is 3.33. The Hall–Kier alpha value is -1.36. The van der Waals surface area contributed by atoms with Crippen LogP contribution in [0.2, 0.25) is 0 Å². The first-order chi connectivity index (χ1) is 7.02. The summed E-state index contributed by atoms with van der Waals surface area (Å²) in [6, 6.07) is 1.08. The summed E-state index contributed by atoms with van der Waals surface area (Å²) in [5.74, 6) is -1.17. The number of carbonyl (C=O) groups excluding carboxylic acids is 1. The summed E-state index contributed by atoms with van der Waals surface area (Å²) in [6.45, 7) is 1.49. The zero-order valence-electron chi connectivity index (χ0n) is 8.64. The van der Waals surface area contributed by atoms with Crippen LogP contribution in [0.25, 0.3) is 0 Å². The first-order valence-electron chi connectivity index (χ1n) is 4.52. The zero-order chi connectivity index (χ0) is 11.4. The molecule has 1 atom stereocenters. The molecule has 0 unspecified atom stereocenters. The first kappa shape index (κ1) is 11.7. The van der Waals surface area contributed by atoms with E-state index in [2.05, 4.69) is 0 Å². The Kier molecular flexibility index (Phi) is 3.85. The Morgan fingerprint density at radius 2 is 2.27 bits per heavy atom. The molecule has 0 aliphatic carbocycles. The summed E-state index contributed by atoms with van der Waals surface area (Å²) >= 11 is 1.52. The number of carboxylic acid groups (broad SMARTS) is 1. The summed E-state index contributed by atoms with van der Waals surface area (Å²) in [5.41, 5.74) is 0.925. The van der Waals surface area contributed by atoms with Crippen molar-refractivity contribution in [3.05, 3.63) is 22.4 Å². The lowest BCUT2D eigenvalue weighted by Crippen LogP contribution is -2.40. The van der Waals surface area contributed by atoms with Gasteiger partial charge >= 0.3 is 5.97 Å². The summed E-state index contributed by atoms with van der Waals surface area (Å²) in [6.07, 6.45) is 0.262. The summed E-state index contributed by atoms with van der Waals surface area (Å²) in [4.78, 5) is 23.5. The van der Waals surface area contributed by atoms with Gasteiger partial charge in [-0.1, -0.05) is 0 Å². The van der Waals surface area contributed by atoms with E-state index in [0.717, 1.165) is 5.56 Å². The second kappa shape index (κ2) is 4.93. The average Bonchev–Trinajstić information content (AvgIpc) is 2.67. The van der Waals surface area contributed by atoms with Crippen molar-refractivity contribution in [2.75, 3.05) is 7.05 Å². The van der Waals surface area contributed by atoms with Gasteiger partial charge < -0.3 is 10.0 Å². The minimum absolute atomic E-state index is 0.177. The molecule has 0 spiro atoms. The van der Waals surface area contributed by atoms with Crippen LogP contribution in [-0.2, 0) is 16.0 Å². The summed E-state index contributed by atoms with van der Waals surface area (Å²) in [5, 5.41) is 12.5. The topological polar surface area (TPSA) is 57.6 Å². The Morgan fingerprint density at radius 3 is 2.73 bits per heavy atom. The highest BCUT2D eigenvalue weighted by Crippen LogP contribution is 2.09. The highest BCUT2D eigenvalue weighted by atomic mass is 32.1. The number of carbonyl (C=O) groups is 2. The predicted octanol–water partition coefficient (Wildman–Crippen LogP) is 1.22. The number of nitrogens with zero attached hydrogens (tertiary/aromatic N) is 1. The Balaban J connectivity index is 2.57. The molecule has 1 rings (SSSR count). The number of likely N-dealkylation sites (N-methyl/N-ethyl adjacent to an activating group) is 1. The van der Waals surface area contributed by atoms with Gasteiger partial charge in [0.2, 0.25) is 5.91 Å². The van der Waals surface area contributed by atoms with Crippen molar-refractivity contribution in [3.8, 4) is 0 Å². The molecule has 0 saturated carbocycles. The molecule has 1 heterocycles. The highest BCUT2D eigenvalue weighted by molar-refractivity contribution is 7.07. The van der Waals surface area contributed by atoms with Crippen LogP contribution in [0.4, 0.5) is 0 Å². The number of amides is 1. The fourth-order valence-electron chi connectivity index (χ4n) is 1.07. The van der Waals surface area contributed by atoms with Crippen molar-refractivity contribution in [3.63, 3.8) is 0 Å². The van der Waals surface area contributed by atoms with Gasteiger partial charge in [-0.3, -0.25) is 4.79 Å². The van der Waals surface area contributed by atoms with Gasteiger partial charge in [0.15, 0.2) is 0 Å². The van der Waals surface area contributed by atoms with E-state index in [1.54, 1.807) is 0 Å². The van der Waals surface area contributed by atoms with Crippen LogP contribution in [-0.4, -0.2) is 35.0 Å². The normalized spacial score (nSPS) is 12.1. The molecular formula is C10H13NO3S. The summed E-state index contributed by atoms with van der Waals surface area (Å²) < 4.78 is 0. The molecule has 1 N–H and O–H groups in total. The van der Waals surface area contributed by atoms with Gasteiger partial charge in [-0.2, -0.15) is 11.3 Å². The van der Waals surface area contributed by atoms with Crippen LogP contribution in [0.5, 0.6) is 0 Å². The monoisotopic (exact) mass is 227 g/mol. The van der Waals surface area contributed by atoms with Crippen LogP contribution in [0.15, 0.2) is 16.8 Å². The molecule has 4 nitrogen and oxygen atoms in total. The van der Waals surface area contributed by atoms with Crippen LogP contribution < -0.4 is 0 Å². The lowest BCUT2D eigenvalue weighted by Gasteiger charge is -2.21. The molecule has 0 radical (unpaired) electrons. The molecule has 0 fully saturated rings. The fraction of sp³-hybridized carbons (Fsp3) is 0.400. The largest absolute Gasteiger partial charge is 0.480 e. The Morgan fingerprint density at radius 1 is 1.60 bits per heavy atom. The van der Waals surface area contributed by atoms with Gasteiger partial charge in [0, 0.05) is 7.05 Å². The van der Waals surface area contributed by atoms with Crippen molar-refractivity contribution in [2.24, 2.45) is 0 Å². The maximum atomic E-state index is 11.6. The van der Waals surface area contributed by atoms with Gasteiger partial charge in [-0.25, -0.2) is 4.79 Å². The molecule has 0 saturated heterocycles. The van der Waals surface area contributed by atoms with Crippen LogP contribution in [0.1, 0.15) is 12.5 Å². The Labute approximate surface area is 92.1 Å². The van der Waals surface area contributed by atoms with Gasteiger partial charge in [0.25, 0.3) is 0 Å². The first-order valence-corrected chi connectivity index (χ1v) is 5.46. The quantitative estimate of drug-likeness (QED) is 0.841. The minimum Gasteiger partial charge on any atom is -0.480 e. The standard InChI is InChI=1S/C10H13NO3S/c1-7(10(13)14)11(2)9(12)5-8-3-4-15-6-8/h3-4,6-7H,5H2,1-2H3,(H,13,14)/t7-/m1/s1. The highest BCUT2D eigenvalue weighted by Gasteiger charge is 2.21. The van der Waals surface area contributed by atoms with E-state index in [1.165, 1.54) is 30.2 Å². The Bertz CT molecular complexity index is 348. The molecule has 0 aromatic carbocycles. The van der Waals surface area contributed by atoms with Crippen molar-refractivity contribution in [2.45, 2.75) is 19.4 Å². The lowest BCUT2D eigenvalue weighted by molar-refractivity contribution is -0.147. The predicted molar refractivity (Wildman–Crippen MR) is 57.9 cm³/mol. The minimum atomic E-state index is -0.990. The fourth-order valence-corrected chi connectivity index (χ4v) is 1.74. The van der Waals surface area contributed by atoms with E-state index < -0.39 is 12.0 Å². The molecule has 5 heteroatoms. The van der Waals surface area contributed by atoms with Gasteiger partial charge in [-0.15, -0.1) is 0 Å². The number of hydrogen-bond acceptors (Lipinski definition) is 3. The maximum absolute atomic E-state index is 11.6. The van der Waals surface area contributed by atoms with Gasteiger partial charge in [0.1, 0.15) is 6.04 Å². The van der Waals surface area contributed by atoms with Crippen LogP contribution in [0, 0.1) is 0 Å². The third kappa shape index (κ3) is 3.06. The van der Waals surface area contributed by atoms with Crippen molar-refractivity contribution in [1.29, 1.82) is 0 Å². The molecule has 82 valence electrons. The molecule has 1 aromatic heterocycles. The van der Waals surface area contributed by atoms with Crippen molar-refractivity contribution >= 4 is 23.2 Å². The molecule has 1 aromatic rings. The van der Waals surface area contributed by atoms with Gasteiger partial charge in [0.05, 0.1) is 6.42 Å². The number of carboxylic acids is 1. The third-order valence-electron chi connectivity index (χ3n) is 2.27. The molecule has 1 amide bonds. The zero-order valence-corrected chi connectivity index (χ0v) is 9.45. The smallest absolute Gasteiger partial charge is 0.326 e. The molecule has 0 aliphatic rings. The number of hydrogen-bond donors (Lipinski definition) is 1. The van der Waals surface area contributed by atoms with E-state index in [-0.39, 0.29) is 12.3 Å². The molecule has 0 aliphatic heterocycles. The number of rotatable bonds is 4. The van der Waals surface area contributed by atoms with Crippen molar-refractivity contribution < 1.29 is 14.7 Å². The van der Waals surface area contributed by atoms with E-state index in [4.69, 9.17) is 5.11 Å². The van der Waals surface area contributed by atoms with E-state index in [0.29, 0.717) is 0 Å². The van der Waals surface area contributed by atoms with Crippen molar-refractivity contribution in [1.82, 2.24) is 4.90 Å².